The van der Waals surface area contributed by atoms with Gasteiger partial charge in [0.1, 0.15) is 4.90 Å². The van der Waals surface area contributed by atoms with E-state index in [0.29, 0.717) is 17.2 Å². The number of thiophene rings is 1. The van der Waals surface area contributed by atoms with Crippen LogP contribution in [0.25, 0.3) is 0 Å². The fourth-order valence-electron chi connectivity index (χ4n) is 3.77. The molecule has 0 bridgehead atoms. The summed E-state index contributed by atoms with van der Waals surface area (Å²) in [5.41, 5.74) is 2.22. The topological polar surface area (TPSA) is 81.7 Å². The smallest absolute Gasteiger partial charge is 0.225 e. The maximum Gasteiger partial charge on any atom is 0.225 e. The van der Waals surface area contributed by atoms with Crippen LogP contribution >= 0.6 is 11.3 Å². The number of ether oxygens (including phenoxy) is 2. The molecule has 32 heavy (non-hydrogen) atoms. The molecule has 0 saturated heterocycles. The number of hydrogen-bond donors (Lipinski definition) is 1. The molecule has 0 aliphatic carbocycles. The first-order valence-electron chi connectivity index (χ1n) is 10.3. The molecule has 2 heterocycles. The summed E-state index contributed by atoms with van der Waals surface area (Å²) < 4.78 is 37.9. The number of nitrogens with one attached hydrogen (secondary N) is 1. The van der Waals surface area contributed by atoms with Crippen molar-refractivity contribution >= 4 is 32.8 Å². The van der Waals surface area contributed by atoms with E-state index in [4.69, 9.17) is 9.47 Å². The normalized spacial score (nSPS) is 15.9. The number of methoxy groups -OCH3 is 1. The first-order chi connectivity index (χ1) is 15.2. The highest BCUT2D eigenvalue weighted by molar-refractivity contribution is 7.91. The van der Waals surface area contributed by atoms with Gasteiger partial charge in [-0.05, 0) is 50.6 Å². The number of rotatable bonds is 6. The quantitative estimate of drug-likeness (QED) is 0.537. The van der Waals surface area contributed by atoms with Crippen molar-refractivity contribution in [3.8, 4) is 11.5 Å². The number of anilines is 1. The van der Waals surface area contributed by atoms with Crippen LogP contribution in [0, 0.1) is 6.92 Å². The molecule has 3 aromatic rings. The second kappa shape index (κ2) is 8.60. The highest BCUT2D eigenvalue weighted by Crippen LogP contribution is 2.47. The molecule has 1 N–H and O–H groups in total. The number of carbonyl (C=O) groups is 1. The van der Waals surface area contributed by atoms with E-state index in [9.17, 15) is 13.2 Å². The van der Waals surface area contributed by atoms with Crippen molar-refractivity contribution in [2.24, 2.45) is 0 Å². The number of fused-ring (bicyclic) bond motifs is 1. The van der Waals surface area contributed by atoms with Crippen LogP contribution in [0.15, 0.2) is 57.6 Å². The van der Waals surface area contributed by atoms with Crippen LogP contribution in [0.3, 0.4) is 0 Å². The molecular formula is C24H25NO5S2. The Bertz CT molecular complexity index is 1260. The molecule has 0 fully saturated rings. The molecule has 1 aliphatic heterocycles. The van der Waals surface area contributed by atoms with Gasteiger partial charge in [-0.15, -0.1) is 11.3 Å². The molecular weight excluding hydrogens is 446 g/mol. The second-order valence-corrected chi connectivity index (χ2v) is 10.9. The van der Waals surface area contributed by atoms with Gasteiger partial charge < -0.3 is 14.8 Å². The highest BCUT2D eigenvalue weighted by atomic mass is 32.2. The Morgan fingerprint density at radius 3 is 2.47 bits per heavy atom. The summed E-state index contributed by atoms with van der Waals surface area (Å²) >= 11 is 1.34. The molecule has 0 radical (unpaired) electrons. The number of benzene rings is 2. The average Bonchev–Trinajstić information content (AvgIpc) is 3.18. The van der Waals surface area contributed by atoms with Crippen LogP contribution in [-0.4, -0.2) is 27.5 Å². The third-order valence-electron chi connectivity index (χ3n) is 5.33. The number of amides is 1. The Balaban J connectivity index is 1.77. The number of sulfone groups is 1. The van der Waals surface area contributed by atoms with E-state index in [1.54, 1.807) is 36.8 Å². The standard InChI is InChI=1S/C24H25NO5S2/c1-14(2)30-19-10-7-16(11-20(19)29-4)18-12-22(26)25-23-21(13-31-24(18)23)32(27,28)17-8-5-15(3)6-9-17/h5-11,13-14,18H,12H2,1-4H3,(H,25,26)/t18-/m1/s1. The number of hydrogen-bond acceptors (Lipinski definition) is 6. The molecule has 8 heteroatoms. The molecule has 1 amide bonds. The molecule has 0 unspecified atom stereocenters. The van der Waals surface area contributed by atoms with Crippen LogP contribution in [0.5, 0.6) is 11.5 Å². The van der Waals surface area contributed by atoms with Gasteiger partial charge in [0, 0.05) is 22.6 Å². The van der Waals surface area contributed by atoms with E-state index >= 15 is 0 Å². The van der Waals surface area contributed by atoms with Crippen LogP contribution in [0.1, 0.15) is 42.2 Å². The largest absolute Gasteiger partial charge is 0.493 e. The van der Waals surface area contributed by atoms with E-state index in [1.807, 2.05) is 39.0 Å². The van der Waals surface area contributed by atoms with Gasteiger partial charge in [-0.2, -0.15) is 0 Å². The molecule has 6 nitrogen and oxygen atoms in total. The van der Waals surface area contributed by atoms with Gasteiger partial charge in [0.15, 0.2) is 11.5 Å². The number of carbonyl (C=O) groups excluding carboxylic acids is 1. The Kier molecular flexibility index (Phi) is 6.01. The van der Waals surface area contributed by atoms with Crippen molar-refractivity contribution in [1.82, 2.24) is 0 Å². The molecule has 168 valence electrons. The second-order valence-electron chi connectivity index (χ2n) is 8.04. The lowest BCUT2D eigenvalue weighted by atomic mass is 9.90. The Morgan fingerprint density at radius 2 is 1.81 bits per heavy atom. The maximum atomic E-state index is 13.3. The van der Waals surface area contributed by atoms with E-state index in [1.165, 1.54) is 11.3 Å². The predicted molar refractivity (Wildman–Crippen MR) is 125 cm³/mol. The molecule has 1 aliphatic rings. The van der Waals surface area contributed by atoms with E-state index < -0.39 is 9.84 Å². The average molecular weight is 472 g/mol. The molecule has 1 aromatic heterocycles. The van der Waals surface area contributed by atoms with Crippen LogP contribution in [-0.2, 0) is 14.6 Å². The Morgan fingerprint density at radius 1 is 1.09 bits per heavy atom. The van der Waals surface area contributed by atoms with Gasteiger partial charge in [0.25, 0.3) is 0 Å². The summed E-state index contributed by atoms with van der Waals surface area (Å²) in [6.07, 6.45) is 0.221. The van der Waals surface area contributed by atoms with Gasteiger partial charge >= 0.3 is 0 Å². The van der Waals surface area contributed by atoms with Crippen molar-refractivity contribution in [3.63, 3.8) is 0 Å². The third-order valence-corrected chi connectivity index (χ3v) is 8.37. The monoisotopic (exact) mass is 471 g/mol. The fraction of sp³-hybridized carbons (Fsp3) is 0.292. The lowest BCUT2D eigenvalue weighted by Gasteiger charge is -2.24. The van der Waals surface area contributed by atoms with Crippen molar-refractivity contribution in [2.75, 3.05) is 12.4 Å². The predicted octanol–water partition coefficient (Wildman–Crippen LogP) is 5.16. The van der Waals surface area contributed by atoms with Gasteiger partial charge in [0.2, 0.25) is 15.7 Å². The zero-order chi connectivity index (χ0) is 23.0. The molecule has 0 spiro atoms. The van der Waals surface area contributed by atoms with Crippen molar-refractivity contribution in [3.05, 3.63) is 63.8 Å². The van der Waals surface area contributed by atoms with Crippen LogP contribution in [0.4, 0.5) is 5.69 Å². The minimum Gasteiger partial charge on any atom is -0.493 e. The first kappa shape index (κ1) is 22.4. The van der Waals surface area contributed by atoms with Gasteiger partial charge in [-0.1, -0.05) is 23.8 Å². The molecule has 2 aromatic carbocycles. The van der Waals surface area contributed by atoms with Crippen LogP contribution < -0.4 is 14.8 Å². The Hall–Kier alpha value is -2.84. The zero-order valence-electron chi connectivity index (χ0n) is 18.3. The molecule has 4 rings (SSSR count). The van der Waals surface area contributed by atoms with E-state index in [-0.39, 0.29) is 34.1 Å². The lowest BCUT2D eigenvalue weighted by molar-refractivity contribution is -0.116. The summed E-state index contributed by atoms with van der Waals surface area (Å²) in [5.74, 6) is 0.712. The number of aryl methyl sites for hydroxylation is 1. The van der Waals surface area contributed by atoms with Crippen molar-refractivity contribution < 1.29 is 22.7 Å². The molecule has 1 atom stereocenters. The summed E-state index contributed by atoms with van der Waals surface area (Å²) in [7, 11) is -2.19. The lowest BCUT2D eigenvalue weighted by Crippen LogP contribution is -2.23. The van der Waals surface area contributed by atoms with Gasteiger partial charge in [-0.3, -0.25) is 4.79 Å². The van der Waals surface area contributed by atoms with E-state index in [0.717, 1.165) is 16.0 Å². The maximum absolute atomic E-state index is 13.3. The summed E-state index contributed by atoms with van der Waals surface area (Å²) in [5, 5.41) is 4.41. The fourth-order valence-corrected chi connectivity index (χ4v) is 6.68. The van der Waals surface area contributed by atoms with E-state index in [2.05, 4.69) is 5.32 Å². The van der Waals surface area contributed by atoms with Crippen LogP contribution in [0.2, 0.25) is 0 Å². The highest BCUT2D eigenvalue weighted by Gasteiger charge is 2.34. The summed E-state index contributed by atoms with van der Waals surface area (Å²) in [6, 6.07) is 12.3. The summed E-state index contributed by atoms with van der Waals surface area (Å²) in [6.45, 7) is 5.78. The molecule has 0 saturated carbocycles. The third kappa shape index (κ3) is 4.12. The minimum atomic E-state index is -3.76. The summed E-state index contributed by atoms with van der Waals surface area (Å²) in [4.78, 5) is 13.7. The first-order valence-corrected chi connectivity index (χ1v) is 12.6. The Labute approximate surface area is 192 Å². The van der Waals surface area contributed by atoms with Crippen molar-refractivity contribution in [2.45, 2.75) is 49.0 Å². The van der Waals surface area contributed by atoms with Gasteiger partial charge in [0.05, 0.1) is 23.8 Å². The van der Waals surface area contributed by atoms with Gasteiger partial charge in [-0.25, -0.2) is 8.42 Å². The zero-order valence-corrected chi connectivity index (χ0v) is 20.0. The minimum absolute atomic E-state index is 0.00588. The SMILES string of the molecule is COc1cc([C@H]2CC(=O)Nc3c(S(=O)(=O)c4ccc(C)cc4)csc32)ccc1OC(C)C. The van der Waals surface area contributed by atoms with Crippen molar-refractivity contribution in [1.29, 1.82) is 0 Å².